The highest BCUT2D eigenvalue weighted by molar-refractivity contribution is 6.34. The van der Waals surface area contributed by atoms with Gasteiger partial charge in [0, 0.05) is 24.7 Å². The van der Waals surface area contributed by atoms with Crippen LogP contribution in [0.2, 0.25) is 5.02 Å². The Kier molecular flexibility index (Phi) is 4.36. The predicted octanol–water partition coefficient (Wildman–Crippen LogP) is 3.50. The van der Waals surface area contributed by atoms with Crippen LogP contribution in [0, 0.1) is 5.92 Å². The molecule has 1 fully saturated rings. The first kappa shape index (κ1) is 14.7. The summed E-state index contributed by atoms with van der Waals surface area (Å²) in [4.78, 5) is 12.7. The van der Waals surface area contributed by atoms with Crippen molar-refractivity contribution in [2.24, 2.45) is 5.92 Å². The van der Waals surface area contributed by atoms with Crippen LogP contribution in [0.15, 0.2) is 12.1 Å². The third-order valence-corrected chi connectivity index (χ3v) is 4.36. The second-order valence-corrected chi connectivity index (χ2v) is 5.81. The standard InChI is InChI=1S/C16H19ClO4/c1-2-13-10(4-7-21-13)16(18)11-8-14-15(9-12(11)17)20-6-3-5-19-14/h8-10,13H,2-7H2,1H3. The summed E-state index contributed by atoms with van der Waals surface area (Å²) in [6, 6.07) is 3.41. The third kappa shape index (κ3) is 2.87. The van der Waals surface area contributed by atoms with E-state index in [2.05, 4.69) is 0 Å². The fourth-order valence-corrected chi connectivity index (χ4v) is 3.17. The van der Waals surface area contributed by atoms with Gasteiger partial charge in [-0.15, -0.1) is 0 Å². The Hall–Kier alpha value is -1.26. The number of rotatable bonds is 3. The molecule has 0 bridgehead atoms. The number of carbonyl (C=O) groups excluding carboxylic acids is 1. The molecule has 0 spiro atoms. The van der Waals surface area contributed by atoms with Crippen molar-refractivity contribution in [3.8, 4) is 11.5 Å². The molecular weight excluding hydrogens is 292 g/mol. The van der Waals surface area contributed by atoms with E-state index in [0.717, 1.165) is 19.3 Å². The van der Waals surface area contributed by atoms with E-state index in [4.69, 9.17) is 25.8 Å². The van der Waals surface area contributed by atoms with Crippen LogP contribution < -0.4 is 9.47 Å². The van der Waals surface area contributed by atoms with Crippen LogP contribution in [0.3, 0.4) is 0 Å². The van der Waals surface area contributed by atoms with Gasteiger partial charge in [0.25, 0.3) is 0 Å². The topological polar surface area (TPSA) is 44.8 Å². The van der Waals surface area contributed by atoms with Crippen molar-refractivity contribution in [1.82, 2.24) is 0 Å². The number of fused-ring (bicyclic) bond motifs is 1. The second kappa shape index (κ2) is 6.24. The predicted molar refractivity (Wildman–Crippen MR) is 79.5 cm³/mol. The normalized spacial score (nSPS) is 24.7. The number of Topliss-reactive ketones (excluding diaryl/α,β-unsaturated/α-hetero) is 1. The smallest absolute Gasteiger partial charge is 0.170 e. The van der Waals surface area contributed by atoms with Crippen molar-refractivity contribution in [2.75, 3.05) is 19.8 Å². The molecule has 0 N–H and O–H groups in total. The van der Waals surface area contributed by atoms with Gasteiger partial charge in [-0.3, -0.25) is 4.79 Å². The molecule has 1 aromatic rings. The van der Waals surface area contributed by atoms with Gasteiger partial charge in [-0.05, 0) is 18.9 Å². The SMILES string of the molecule is CCC1OCCC1C(=O)c1cc2c(cc1Cl)OCCCO2. The van der Waals surface area contributed by atoms with Crippen LogP contribution in [0.5, 0.6) is 11.5 Å². The van der Waals surface area contributed by atoms with Gasteiger partial charge >= 0.3 is 0 Å². The highest BCUT2D eigenvalue weighted by Gasteiger charge is 2.34. The lowest BCUT2D eigenvalue weighted by molar-refractivity contribution is 0.0689. The monoisotopic (exact) mass is 310 g/mol. The lowest BCUT2D eigenvalue weighted by Crippen LogP contribution is -2.24. The summed E-state index contributed by atoms with van der Waals surface area (Å²) in [7, 11) is 0. The van der Waals surface area contributed by atoms with Gasteiger partial charge in [-0.1, -0.05) is 18.5 Å². The van der Waals surface area contributed by atoms with Gasteiger partial charge in [0.05, 0.1) is 30.3 Å². The van der Waals surface area contributed by atoms with Gasteiger partial charge in [0.1, 0.15) is 0 Å². The molecule has 2 heterocycles. The van der Waals surface area contributed by atoms with Gasteiger partial charge < -0.3 is 14.2 Å². The second-order valence-electron chi connectivity index (χ2n) is 5.41. The highest BCUT2D eigenvalue weighted by atomic mass is 35.5. The maximum absolute atomic E-state index is 12.7. The molecule has 1 aromatic carbocycles. The van der Waals surface area contributed by atoms with Crippen molar-refractivity contribution in [2.45, 2.75) is 32.3 Å². The average Bonchev–Trinajstić information content (AvgIpc) is 2.85. The lowest BCUT2D eigenvalue weighted by atomic mass is 9.90. The Morgan fingerprint density at radius 2 is 1.95 bits per heavy atom. The minimum atomic E-state index is -0.114. The van der Waals surface area contributed by atoms with Crippen molar-refractivity contribution < 1.29 is 19.0 Å². The van der Waals surface area contributed by atoms with E-state index in [1.165, 1.54) is 0 Å². The summed E-state index contributed by atoms with van der Waals surface area (Å²) in [5.74, 6) is 1.15. The van der Waals surface area contributed by atoms with Crippen molar-refractivity contribution in [1.29, 1.82) is 0 Å². The maximum Gasteiger partial charge on any atom is 0.170 e. The van der Waals surface area contributed by atoms with E-state index in [-0.39, 0.29) is 17.8 Å². The molecule has 1 saturated heterocycles. The molecule has 5 heteroatoms. The zero-order valence-corrected chi connectivity index (χ0v) is 12.8. The van der Waals surface area contributed by atoms with Crippen LogP contribution in [-0.2, 0) is 4.74 Å². The maximum atomic E-state index is 12.7. The van der Waals surface area contributed by atoms with E-state index in [1.807, 2.05) is 6.92 Å². The largest absolute Gasteiger partial charge is 0.490 e. The summed E-state index contributed by atoms with van der Waals surface area (Å²) in [6.45, 7) is 3.86. The summed E-state index contributed by atoms with van der Waals surface area (Å²) < 4.78 is 16.8. The first-order valence-corrected chi connectivity index (χ1v) is 7.83. The Morgan fingerprint density at radius 1 is 1.24 bits per heavy atom. The Labute approximate surface area is 129 Å². The van der Waals surface area contributed by atoms with Gasteiger partial charge in [0.2, 0.25) is 0 Å². The number of hydrogen-bond donors (Lipinski definition) is 0. The minimum absolute atomic E-state index is 0.00968. The van der Waals surface area contributed by atoms with E-state index >= 15 is 0 Å². The molecule has 0 saturated carbocycles. The van der Waals surface area contributed by atoms with Crippen molar-refractivity contribution in [3.63, 3.8) is 0 Å². The molecular formula is C16H19ClO4. The van der Waals surface area contributed by atoms with E-state index in [9.17, 15) is 4.79 Å². The number of ketones is 1. The molecule has 0 radical (unpaired) electrons. The quantitative estimate of drug-likeness (QED) is 0.802. The van der Waals surface area contributed by atoms with Crippen LogP contribution in [-0.4, -0.2) is 31.7 Å². The molecule has 2 unspecified atom stereocenters. The average molecular weight is 311 g/mol. The van der Waals surface area contributed by atoms with Crippen LogP contribution >= 0.6 is 11.6 Å². The first-order valence-electron chi connectivity index (χ1n) is 7.45. The molecule has 0 aromatic heterocycles. The fraction of sp³-hybridized carbons (Fsp3) is 0.562. The summed E-state index contributed by atoms with van der Waals surface area (Å²) in [6.07, 6.45) is 2.40. The van der Waals surface area contributed by atoms with Gasteiger partial charge in [-0.25, -0.2) is 0 Å². The summed E-state index contributed by atoms with van der Waals surface area (Å²) >= 11 is 6.28. The van der Waals surface area contributed by atoms with E-state index < -0.39 is 0 Å². The van der Waals surface area contributed by atoms with Crippen molar-refractivity contribution in [3.05, 3.63) is 22.7 Å². The summed E-state index contributed by atoms with van der Waals surface area (Å²) in [5.41, 5.74) is 0.509. The zero-order valence-electron chi connectivity index (χ0n) is 12.1. The van der Waals surface area contributed by atoms with Gasteiger partial charge in [0.15, 0.2) is 17.3 Å². The number of halogens is 1. The zero-order chi connectivity index (χ0) is 14.8. The minimum Gasteiger partial charge on any atom is -0.490 e. The molecule has 4 nitrogen and oxygen atoms in total. The van der Waals surface area contributed by atoms with Crippen molar-refractivity contribution >= 4 is 17.4 Å². The molecule has 114 valence electrons. The van der Waals surface area contributed by atoms with Crippen LogP contribution in [0.4, 0.5) is 0 Å². The molecule has 21 heavy (non-hydrogen) atoms. The number of hydrogen-bond acceptors (Lipinski definition) is 4. The lowest BCUT2D eigenvalue weighted by Gasteiger charge is -2.17. The fourth-order valence-electron chi connectivity index (χ4n) is 2.92. The van der Waals surface area contributed by atoms with Crippen LogP contribution in [0.25, 0.3) is 0 Å². The molecule has 0 aliphatic carbocycles. The van der Waals surface area contributed by atoms with E-state index in [1.54, 1.807) is 12.1 Å². The Bertz CT molecular complexity index is 543. The Morgan fingerprint density at radius 3 is 2.67 bits per heavy atom. The Balaban J connectivity index is 1.91. The molecule has 2 aliphatic heterocycles. The number of benzene rings is 1. The van der Waals surface area contributed by atoms with Crippen LogP contribution in [0.1, 0.15) is 36.5 Å². The summed E-state index contributed by atoms with van der Waals surface area (Å²) in [5, 5.41) is 0.422. The molecule has 0 amide bonds. The van der Waals surface area contributed by atoms with E-state index in [0.29, 0.717) is 41.9 Å². The van der Waals surface area contributed by atoms with Gasteiger partial charge in [-0.2, -0.15) is 0 Å². The molecule has 2 aliphatic rings. The highest BCUT2D eigenvalue weighted by Crippen LogP contribution is 2.37. The number of carbonyl (C=O) groups is 1. The first-order chi connectivity index (χ1) is 10.2. The number of ether oxygens (including phenoxy) is 3. The molecule has 3 rings (SSSR count). The third-order valence-electron chi connectivity index (χ3n) is 4.05. The molecule has 2 atom stereocenters.